The van der Waals surface area contributed by atoms with Gasteiger partial charge in [-0.25, -0.2) is 0 Å². The van der Waals surface area contributed by atoms with Gasteiger partial charge in [0.1, 0.15) is 5.75 Å². The number of methoxy groups -OCH3 is 1. The van der Waals surface area contributed by atoms with Gasteiger partial charge in [-0.2, -0.15) is 0 Å². The molecule has 0 aromatic heterocycles. The third-order valence-electron chi connectivity index (χ3n) is 3.58. The lowest BCUT2D eigenvalue weighted by Gasteiger charge is -2.29. The summed E-state index contributed by atoms with van der Waals surface area (Å²) < 4.78 is 11.7. The van der Waals surface area contributed by atoms with Crippen LogP contribution >= 0.6 is 0 Å². The van der Waals surface area contributed by atoms with E-state index in [1.54, 1.807) is 7.11 Å². The molecule has 0 fully saturated rings. The molecule has 1 aromatic rings. The van der Waals surface area contributed by atoms with Gasteiger partial charge in [0.15, 0.2) is 5.75 Å². The van der Waals surface area contributed by atoms with Gasteiger partial charge in [0.05, 0.1) is 7.11 Å². The fraction of sp³-hybridized carbons (Fsp3) is 0.571. The van der Waals surface area contributed by atoms with E-state index in [9.17, 15) is 0 Å². The van der Waals surface area contributed by atoms with Crippen LogP contribution in [0.15, 0.2) is 18.2 Å². The predicted octanol–water partition coefficient (Wildman–Crippen LogP) is 4.39. The Balaban J connectivity index is 3.03. The highest BCUT2D eigenvalue weighted by molar-refractivity contribution is 6.74. The molecule has 0 saturated carbocycles. The van der Waals surface area contributed by atoms with E-state index in [-0.39, 0.29) is 0 Å². The van der Waals surface area contributed by atoms with Crippen LogP contribution in [-0.4, -0.2) is 15.4 Å². The third-order valence-corrected chi connectivity index (χ3v) is 8.10. The van der Waals surface area contributed by atoms with Crippen molar-refractivity contribution in [1.82, 2.24) is 0 Å². The summed E-state index contributed by atoms with van der Waals surface area (Å²) in [6.45, 7) is 8.80. The van der Waals surface area contributed by atoms with Crippen molar-refractivity contribution in [2.75, 3.05) is 7.11 Å². The van der Waals surface area contributed by atoms with Crippen LogP contribution in [-0.2, 0) is 0 Å². The Morgan fingerprint density at radius 2 is 1.59 bits per heavy atom. The van der Waals surface area contributed by atoms with Crippen LogP contribution in [0, 0.1) is 6.92 Å². The maximum atomic E-state index is 6.37. The van der Waals surface area contributed by atoms with E-state index in [1.807, 2.05) is 6.07 Å². The van der Waals surface area contributed by atoms with Crippen LogP contribution in [0.3, 0.4) is 0 Å². The number of aryl methyl sites for hydroxylation is 1. The monoisotopic (exact) mass is 252 g/mol. The second-order valence-electron chi connectivity index (χ2n) is 4.50. The van der Waals surface area contributed by atoms with Crippen LogP contribution in [0.5, 0.6) is 11.5 Å². The number of ether oxygens (including phenoxy) is 1. The lowest BCUT2D eigenvalue weighted by molar-refractivity contribution is 0.389. The number of hydrogen-bond donors (Lipinski definition) is 0. The fourth-order valence-corrected chi connectivity index (χ4v) is 4.62. The highest BCUT2D eigenvalue weighted by atomic mass is 28.4. The molecular formula is C14H24O2Si. The van der Waals surface area contributed by atoms with Gasteiger partial charge >= 0.3 is 0 Å². The Kier molecular flexibility index (Phi) is 5.06. The van der Waals surface area contributed by atoms with Gasteiger partial charge in [-0.1, -0.05) is 26.8 Å². The topological polar surface area (TPSA) is 18.5 Å². The number of rotatable bonds is 6. The molecule has 0 aliphatic rings. The minimum absolute atomic E-state index is 0.850. The van der Waals surface area contributed by atoms with Gasteiger partial charge in [-0.15, -0.1) is 0 Å². The van der Waals surface area contributed by atoms with Gasteiger partial charge in [0.2, 0.25) is 0 Å². The Hall–Kier alpha value is -0.963. The third kappa shape index (κ3) is 3.25. The molecule has 0 aliphatic heterocycles. The maximum absolute atomic E-state index is 6.37. The average molecular weight is 252 g/mol. The lowest BCUT2D eigenvalue weighted by atomic mass is 10.2. The Bertz CT molecular complexity index is 351. The lowest BCUT2D eigenvalue weighted by Crippen LogP contribution is -2.39. The molecule has 1 rings (SSSR count). The molecule has 0 heterocycles. The number of hydrogen-bond acceptors (Lipinski definition) is 2. The molecule has 0 unspecified atom stereocenters. The van der Waals surface area contributed by atoms with Crippen LogP contribution in [0.4, 0.5) is 0 Å². The predicted molar refractivity (Wildman–Crippen MR) is 75.6 cm³/mol. The first-order valence-electron chi connectivity index (χ1n) is 6.44. The minimum Gasteiger partial charge on any atom is -0.541 e. The van der Waals surface area contributed by atoms with Gasteiger partial charge < -0.3 is 9.16 Å². The molecule has 17 heavy (non-hydrogen) atoms. The van der Waals surface area contributed by atoms with Crippen molar-refractivity contribution in [2.45, 2.75) is 45.8 Å². The summed E-state index contributed by atoms with van der Waals surface area (Å²) in [5.41, 5.74) is 1.21. The van der Waals surface area contributed by atoms with E-state index in [4.69, 9.17) is 9.16 Å². The van der Waals surface area contributed by atoms with Gasteiger partial charge in [-0.05, 0) is 42.8 Å². The SMILES string of the molecule is CC[Si](CC)(CC)Oc1cc(C)ccc1OC. The van der Waals surface area contributed by atoms with Crippen LogP contribution in [0.2, 0.25) is 18.1 Å². The van der Waals surface area contributed by atoms with E-state index in [2.05, 4.69) is 39.8 Å². The van der Waals surface area contributed by atoms with Crippen molar-refractivity contribution in [1.29, 1.82) is 0 Å². The molecule has 96 valence electrons. The molecule has 0 atom stereocenters. The minimum atomic E-state index is -1.61. The first-order chi connectivity index (χ1) is 8.10. The summed E-state index contributed by atoms with van der Waals surface area (Å²) in [6.07, 6.45) is 0. The van der Waals surface area contributed by atoms with Crippen molar-refractivity contribution in [3.8, 4) is 11.5 Å². The van der Waals surface area contributed by atoms with E-state index < -0.39 is 8.32 Å². The summed E-state index contributed by atoms with van der Waals surface area (Å²) in [5.74, 6) is 1.77. The van der Waals surface area contributed by atoms with Crippen molar-refractivity contribution in [3.05, 3.63) is 23.8 Å². The van der Waals surface area contributed by atoms with Crippen molar-refractivity contribution in [2.24, 2.45) is 0 Å². The molecule has 0 amide bonds. The highest BCUT2D eigenvalue weighted by Crippen LogP contribution is 2.33. The van der Waals surface area contributed by atoms with Crippen LogP contribution in [0.25, 0.3) is 0 Å². The van der Waals surface area contributed by atoms with Crippen molar-refractivity contribution >= 4 is 8.32 Å². The maximum Gasteiger partial charge on any atom is 0.250 e. The van der Waals surface area contributed by atoms with Gasteiger partial charge in [0, 0.05) is 0 Å². The first kappa shape index (κ1) is 14.1. The summed E-state index contributed by atoms with van der Waals surface area (Å²) in [7, 11) is 0.0902. The first-order valence-corrected chi connectivity index (χ1v) is 8.97. The molecule has 0 N–H and O–H groups in total. The Morgan fingerprint density at radius 1 is 1.00 bits per heavy atom. The van der Waals surface area contributed by atoms with Crippen LogP contribution < -0.4 is 9.16 Å². The zero-order valence-electron chi connectivity index (χ0n) is 11.7. The van der Waals surface area contributed by atoms with Crippen molar-refractivity contribution in [3.63, 3.8) is 0 Å². The molecule has 0 radical (unpaired) electrons. The molecule has 3 heteroatoms. The second kappa shape index (κ2) is 6.10. The van der Waals surface area contributed by atoms with Crippen molar-refractivity contribution < 1.29 is 9.16 Å². The Morgan fingerprint density at radius 3 is 2.06 bits per heavy atom. The molecular weight excluding hydrogens is 228 g/mol. The molecule has 0 bridgehead atoms. The largest absolute Gasteiger partial charge is 0.541 e. The standard InChI is InChI=1S/C14H24O2Si/c1-6-17(7-2,8-3)16-14-11-12(4)9-10-13(14)15-5/h9-11H,6-8H2,1-5H3. The number of benzene rings is 1. The zero-order chi connectivity index (χ0) is 12.9. The van der Waals surface area contributed by atoms with E-state index >= 15 is 0 Å². The van der Waals surface area contributed by atoms with E-state index in [0.717, 1.165) is 29.6 Å². The fourth-order valence-electron chi connectivity index (χ4n) is 2.06. The molecule has 0 aliphatic carbocycles. The van der Waals surface area contributed by atoms with E-state index in [1.165, 1.54) is 5.56 Å². The van der Waals surface area contributed by atoms with Gasteiger partial charge in [0.25, 0.3) is 8.32 Å². The summed E-state index contributed by atoms with van der Waals surface area (Å²) in [6, 6.07) is 9.58. The summed E-state index contributed by atoms with van der Waals surface area (Å²) >= 11 is 0. The Labute approximate surface area is 106 Å². The second-order valence-corrected chi connectivity index (χ2v) is 9.19. The molecule has 0 spiro atoms. The zero-order valence-corrected chi connectivity index (χ0v) is 12.7. The van der Waals surface area contributed by atoms with E-state index in [0.29, 0.717) is 0 Å². The molecule has 2 nitrogen and oxygen atoms in total. The average Bonchev–Trinajstić information content (AvgIpc) is 2.36. The summed E-state index contributed by atoms with van der Waals surface area (Å²) in [4.78, 5) is 0. The normalized spacial score (nSPS) is 11.4. The molecule has 1 aromatic carbocycles. The molecule has 0 saturated heterocycles. The van der Waals surface area contributed by atoms with Crippen LogP contribution in [0.1, 0.15) is 26.3 Å². The van der Waals surface area contributed by atoms with Gasteiger partial charge in [-0.3, -0.25) is 0 Å². The summed E-state index contributed by atoms with van der Waals surface area (Å²) in [5, 5.41) is 0. The smallest absolute Gasteiger partial charge is 0.250 e. The highest BCUT2D eigenvalue weighted by Gasteiger charge is 2.31. The quantitative estimate of drug-likeness (QED) is 0.699.